The number of rotatable bonds is 4. The number of amides is 2. The molecular formula is C17H20ClN3O2S. The summed E-state index contributed by atoms with van der Waals surface area (Å²) in [5.41, 5.74) is 1.38. The number of halogens is 1. The Hall–Kier alpha value is -1.63. The first-order valence-electron chi connectivity index (χ1n) is 8.05. The predicted molar refractivity (Wildman–Crippen MR) is 97.5 cm³/mol. The smallest absolute Gasteiger partial charge is 0.319 e. The van der Waals surface area contributed by atoms with E-state index in [0.717, 1.165) is 30.6 Å². The minimum Gasteiger partial charge on any atom is -0.396 e. The van der Waals surface area contributed by atoms with Gasteiger partial charge in [-0.2, -0.15) is 0 Å². The molecule has 5 nitrogen and oxygen atoms in total. The van der Waals surface area contributed by atoms with Gasteiger partial charge in [-0.15, -0.1) is 11.3 Å². The molecule has 2 heterocycles. The minimum atomic E-state index is -0.223. The predicted octanol–water partition coefficient (Wildman–Crippen LogP) is 4.14. The molecule has 1 fully saturated rings. The minimum absolute atomic E-state index is 0.157. The van der Waals surface area contributed by atoms with Crippen LogP contribution in [0.2, 0.25) is 4.34 Å². The number of hydrogen-bond donors (Lipinski definition) is 3. The van der Waals surface area contributed by atoms with Crippen LogP contribution in [0, 0.1) is 5.92 Å². The Morgan fingerprint density at radius 2 is 2.08 bits per heavy atom. The zero-order valence-electron chi connectivity index (χ0n) is 13.2. The van der Waals surface area contributed by atoms with Crippen LogP contribution in [0.3, 0.4) is 0 Å². The van der Waals surface area contributed by atoms with Gasteiger partial charge in [-0.1, -0.05) is 11.6 Å². The average molecular weight is 366 g/mol. The second-order valence-electron chi connectivity index (χ2n) is 6.00. The molecule has 1 aliphatic rings. The van der Waals surface area contributed by atoms with E-state index in [4.69, 9.17) is 11.6 Å². The summed E-state index contributed by atoms with van der Waals surface area (Å²) >= 11 is 7.42. The number of aliphatic hydroxyl groups excluding tert-OH is 1. The van der Waals surface area contributed by atoms with Gasteiger partial charge in [0.15, 0.2) is 0 Å². The number of hydrogen-bond acceptors (Lipinski definition) is 4. The van der Waals surface area contributed by atoms with Crippen molar-refractivity contribution in [2.45, 2.75) is 31.7 Å². The van der Waals surface area contributed by atoms with Crippen LogP contribution in [0.5, 0.6) is 0 Å². The third kappa shape index (κ3) is 4.26. The van der Waals surface area contributed by atoms with Gasteiger partial charge in [0.25, 0.3) is 0 Å². The van der Waals surface area contributed by atoms with Crippen LogP contribution < -0.4 is 10.6 Å². The van der Waals surface area contributed by atoms with E-state index in [0.29, 0.717) is 21.6 Å². The Balaban J connectivity index is 1.63. The van der Waals surface area contributed by atoms with Crippen molar-refractivity contribution in [3.63, 3.8) is 0 Å². The lowest BCUT2D eigenvalue weighted by Crippen LogP contribution is -2.40. The first kappa shape index (κ1) is 17.2. The van der Waals surface area contributed by atoms with Gasteiger partial charge < -0.3 is 15.7 Å². The third-order valence-corrected chi connectivity index (χ3v) is 5.54. The molecule has 2 amide bonds. The fourth-order valence-electron chi connectivity index (χ4n) is 2.98. The lowest BCUT2D eigenvalue weighted by Gasteiger charge is -2.28. The second-order valence-corrected chi connectivity index (χ2v) is 7.72. The zero-order valence-corrected chi connectivity index (χ0v) is 14.7. The highest BCUT2D eigenvalue weighted by Gasteiger charge is 2.22. The van der Waals surface area contributed by atoms with E-state index in [2.05, 4.69) is 15.6 Å². The number of thiophene rings is 1. The number of urea groups is 1. The molecule has 24 heavy (non-hydrogen) atoms. The molecule has 0 saturated heterocycles. The highest BCUT2D eigenvalue weighted by atomic mass is 35.5. The zero-order chi connectivity index (χ0) is 16.9. The summed E-state index contributed by atoms with van der Waals surface area (Å²) in [4.78, 5) is 17.6. The van der Waals surface area contributed by atoms with Crippen molar-refractivity contribution in [3.05, 3.63) is 34.8 Å². The number of nitrogens with one attached hydrogen (secondary N) is 2. The maximum Gasteiger partial charge on any atom is 0.319 e. The molecule has 7 heteroatoms. The van der Waals surface area contributed by atoms with Crippen LogP contribution in [0.15, 0.2) is 30.5 Å². The van der Waals surface area contributed by atoms with Gasteiger partial charge in [-0.3, -0.25) is 4.98 Å². The number of carbonyl (C=O) groups is 1. The van der Waals surface area contributed by atoms with E-state index >= 15 is 0 Å². The molecular weight excluding hydrogens is 346 g/mol. The number of pyridine rings is 1. The number of nitrogens with zero attached hydrogens (tertiary/aromatic N) is 1. The van der Waals surface area contributed by atoms with E-state index < -0.39 is 0 Å². The van der Waals surface area contributed by atoms with Crippen LogP contribution in [-0.4, -0.2) is 28.8 Å². The summed E-state index contributed by atoms with van der Waals surface area (Å²) in [7, 11) is 0. The van der Waals surface area contributed by atoms with Crippen molar-refractivity contribution in [1.29, 1.82) is 0 Å². The normalized spacial score (nSPS) is 20.6. The lowest BCUT2D eigenvalue weighted by atomic mass is 9.87. The largest absolute Gasteiger partial charge is 0.396 e. The van der Waals surface area contributed by atoms with Crippen molar-refractivity contribution < 1.29 is 9.90 Å². The molecule has 2 aromatic rings. The lowest BCUT2D eigenvalue weighted by molar-refractivity contribution is 0.176. The van der Waals surface area contributed by atoms with Gasteiger partial charge in [0.2, 0.25) is 0 Å². The molecule has 2 aromatic heterocycles. The fourth-order valence-corrected chi connectivity index (χ4v) is 4.03. The van der Waals surface area contributed by atoms with Crippen LogP contribution >= 0.6 is 22.9 Å². The van der Waals surface area contributed by atoms with Crippen molar-refractivity contribution in [2.75, 3.05) is 11.9 Å². The van der Waals surface area contributed by atoms with Gasteiger partial charge in [-0.05, 0) is 55.9 Å². The molecule has 3 N–H and O–H groups in total. The monoisotopic (exact) mass is 365 g/mol. The second kappa shape index (κ2) is 7.96. The Bertz CT molecular complexity index is 699. The maximum atomic E-state index is 12.3. The first-order chi connectivity index (χ1) is 11.7. The van der Waals surface area contributed by atoms with E-state index in [1.807, 2.05) is 18.2 Å². The summed E-state index contributed by atoms with van der Waals surface area (Å²) in [6.45, 7) is 0.237. The Labute approximate surface area is 150 Å². The van der Waals surface area contributed by atoms with Gasteiger partial charge in [-0.25, -0.2) is 4.79 Å². The van der Waals surface area contributed by atoms with Crippen LogP contribution in [0.4, 0.5) is 10.5 Å². The van der Waals surface area contributed by atoms with E-state index in [1.54, 1.807) is 12.3 Å². The molecule has 128 valence electrons. The molecule has 0 atom stereocenters. The molecule has 0 aliphatic heterocycles. The van der Waals surface area contributed by atoms with E-state index in [-0.39, 0.29) is 18.7 Å². The maximum absolute atomic E-state index is 12.3. The molecule has 0 bridgehead atoms. The standard InChI is InChI=1S/C17H20ClN3O2S/c18-15-8-7-14(24-15)16-13(2-1-9-19-16)21-17(23)20-12-5-3-11(10-22)4-6-12/h1-2,7-9,11-12,22H,3-6,10H2,(H2,20,21,23). The average Bonchev–Trinajstić information content (AvgIpc) is 3.02. The summed E-state index contributed by atoms with van der Waals surface area (Å²) < 4.78 is 0.687. The molecule has 1 aliphatic carbocycles. The van der Waals surface area contributed by atoms with Gasteiger partial charge in [0.1, 0.15) is 5.69 Å². The molecule has 0 radical (unpaired) electrons. The fraction of sp³-hybridized carbons (Fsp3) is 0.412. The summed E-state index contributed by atoms with van der Waals surface area (Å²) in [6, 6.07) is 7.27. The summed E-state index contributed by atoms with van der Waals surface area (Å²) in [5, 5.41) is 15.1. The van der Waals surface area contributed by atoms with Gasteiger partial charge >= 0.3 is 6.03 Å². The molecule has 0 aromatic carbocycles. The van der Waals surface area contributed by atoms with E-state index in [1.165, 1.54) is 11.3 Å². The molecule has 1 saturated carbocycles. The molecule has 0 spiro atoms. The SMILES string of the molecule is O=C(Nc1cccnc1-c1ccc(Cl)s1)NC1CCC(CO)CC1. The number of aromatic nitrogens is 1. The van der Waals surface area contributed by atoms with E-state index in [9.17, 15) is 9.90 Å². The molecule has 3 rings (SSSR count). The van der Waals surface area contributed by atoms with Crippen molar-refractivity contribution >= 4 is 34.7 Å². The first-order valence-corrected chi connectivity index (χ1v) is 9.24. The Morgan fingerprint density at radius 1 is 1.29 bits per heavy atom. The topological polar surface area (TPSA) is 74.2 Å². The van der Waals surface area contributed by atoms with Crippen molar-refractivity contribution in [1.82, 2.24) is 10.3 Å². The van der Waals surface area contributed by atoms with Crippen molar-refractivity contribution in [2.24, 2.45) is 5.92 Å². The van der Waals surface area contributed by atoms with Gasteiger partial charge in [0.05, 0.1) is 14.9 Å². The highest BCUT2D eigenvalue weighted by molar-refractivity contribution is 7.19. The highest BCUT2D eigenvalue weighted by Crippen LogP contribution is 2.33. The quantitative estimate of drug-likeness (QED) is 0.762. The summed E-state index contributed by atoms with van der Waals surface area (Å²) in [6.07, 6.45) is 5.40. The Morgan fingerprint density at radius 3 is 2.75 bits per heavy atom. The number of anilines is 1. The molecule has 0 unspecified atom stereocenters. The number of aliphatic hydroxyl groups is 1. The van der Waals surface area contributed by atoms with Crippen LogP contribution in [-0.2, 0) is 0 Å². The Kier molecular flexibility index (Phi) is 5.71. The van der Waals surface area contributed by atoms with Crippen LogP contribution in [0.25, 0.3) is 10.6 Å². The van der Waals surface area contributed by atoms with Gasteiger partial charge in [0, 0.05) is 18.8 Å². The summed E-state index contributed by atoms with van der Waals surface area (Å²) in [5.74, 6) is 0.375. The number of carbonyl (C=O) groups excluding carboxylic acids is 1. The third-order valence-electron chi connectivity index (χ3n) is 4.30. The van der Waals surface area contributed by atoms with Crippen molar-refractivity contribution in [3.8, 4) is 10.6 Å². The van der Waals surface area contributed by atoms with Crippen LogP contribution in [0.1, 0.15) is 25.7 Å².